The Morgan fingerprint density at radius 1 is 1.41 bits per heavy atom. The first kappa shape index (κ1) is 18.5. The molecule has 0 aliphatic heterocycles. The highest BCUT2D eigenvalue weighted by atomic mass is 35.5. The van der Waals surface area contributed by atoms with E-state index in [1.165, 1.54) is 0 Å². The third-order valence-corrected chi connectivity index (χ3v) is 2.90. The van der Waals surface area contributed by atoms with Crippen molar-refractivity contribution in [3.63, 3.8) is 0 Å². The van der Waals surface area contributed by atoms with Crippen LogP contribution in [0.15, 0.2) is 22.6 Å². The molecule has 1 atom stereocenters. The summed E-state index contributed by atoms with van der Waals surface area (Å²) in [6, 6.07) is 5.31. The number of fused-ring (bicyclic) bond motifs is 1. The second-order valence-electron chi connectivity index (χ2n) is 6.76. The summed E-state index contributed by atoms with van der Waals surface area (Å²) in [6.07, 6.45) is 1.07. The molecule has 2 aromatic rings. The summed E-state index contributed by atoms with van der Waals surface area (Å²) in [5.41, 5.74) is 7.94. The first-order valence-corrected chi connectivity index (χ1v) is 7.18. The van der Waals surface area contributed by atoms with Gasteiger partial charge in [-0.2, -0.15) is 0 Å². The van der Waals surface area contributed by atoms with Crippen LogP contribution in [-0.2, 0) is 11.2 Å². The fourth-order valence-corrected chi connectivity index (χ4v) is 2.09. The fraction of sp³-hybridized carbons (Fsp3) is 0.500. The molecule has 1 aromatic carbocycles. The van der Waals surface area contributed by atoms with Gasteiger partial charge in [-0.05, 0) is 30.5 Å². The number of nitrogens with two attached hydrogens (primary N) is 1. The van der Waals surface area contributed by atoms with E-state index in [9.17, 15) is 4.79 Å². The molecule has 22 heavy (non-hydrogen) atoms. The molecule has 1 aromatic heterocycles. The second-order valence-corrected chi connectivity index (χ2v) is 6.76. The highest BCUT2D eigenvalue weighted by molar-refractivity contribution is 5.93. The Labute approximate surface area is 137 Å². The summed E-state index contributed by atoms with van der Waals surface area (Å²) in [7, 11) is 0. The Hall–Kier alpha value is -1.59. The van der Waals surface area contributed by atoms with Crippen LogP contribution in [0.3, 0.4) is 0 Å². The maximum absolute atomic E-state index is 11.7. The Balaban J connectivity index is 0.00000242. The number of carbonyl (C=O) groups excluding carboxylic acids is 1. The highest BCUT2D eigenvalue weighted by Gasteiger charge is 2.16. The van der Waals surface area contributed by atoms with Crippen LogP contribution in [0, 0.1) is 5.41 Å². The van der Waals surface area contributed by atoms with Crippen LogP contribution in [0.2, 0.25) is 0 Å². The lowest BCUT2D eigenvalue weighted by Gasteiger charge is -2.14. The normalized spacial score (nSPS) is 12.8. The van der Waals surface area contributed by atoms with Crippen LogP contribution < -0.4 is 11.1 Å². The number of carbonyl (C=O) groups is 1. The van der Waals surface area contributed by atoms with E-state index in [0.29, 0.717) is 12.1 Å². The number of oxazole rings is 1. The molecule has 1 heterocycles. The molecule has 0 aliphatic rings. The second kappa shape index (κ2) is 7.11. The van der Waals surface area contributed by atoms with Crippen molar-refractivity contribution in [3.8, 4) is 0 Å². The number of hydrogen-bond donors (Lipinski definition) is 2. The molecule has 0 radical (unpaired) electrons. The van der Waals surface area contributed by atoms with E-state index in [1.54, 1.807) is 6.92 Å². The summed E-state index contributed by atoms with van der Waals surface area (Å²) in [5.74, 6) is 0.624. The largest absolute Gasteiger partial charge is 0.441 e. The van der Waals surface area contributed by atoms with Gasteiger partial charge in [-0.25, -0.2) is 4.98 Å². The van der Waals surface area contributed by atoms with E-state index in [2.05, 4.69) is 31.1 Å². The number of halogens is 1. The standard InChI is InChI=1S/C16H23N3O2.ClH/c1-10(17)7-14(20)18-11-5-6-13-12(8-11)19-15(21-13)9-16(2,3)4;/h5-6,8,10H,7,9,17H2,1-4H3,(H,18,20);1H. The molecule has 3 N–H and O–H groups in total. The zero-order valence-corrected chi connectivity index (χ0v) is 14.3. The molecule has 0 fully saturated rings. The molecule has 0 saturated carbocycles. The zero-order valence-electron chi connectivity index (χ0n) is 13.5. The fourth-order valence-electron chi connectivity index (χ4n) is 2.09. The van der Waals surface area contributed by atoms with Gasteiger partial charge in [-0.3, -0.25) is 4.79 Å². The average Bonchev–Trinajstić information content (AvgIpc) is 2.66. The maximum atomic E-state index is 11.7. The third-order valence-electron chi connectivity index (χ3n) is 2.90. The van der Waals surface area contributed by atoms with E-state index in [-0.39, 0.29) is 29.8 Å². The number of nitrogens with zero attached hydrogens (tertiary/aromatic N) is 1. The summed E-state index contributed by atoms with van der Waals surface area (Å²) in [4.78, 5) is 16.2. The van der Waals surface area contributed by atoms with E-state index in [1.807, 2.05) is 18.2 Å². The van der Waals surface area contributed by atoms with E-state index >= 15 is 0 Å². The maximum Gasteiger partial charge on any atom is 0.225 e. The summed E-state index contributed by atoms with van der Waals surface area (Å²) in [5, 5.41) is 2.82. The topological polar surface area (TPSA) is 81.2 Å². The van der Waals surface area contributed by atoms with Crippen molar-refractivity contribution in [2.24, 2.45) is 11.1 Å². The Morgan fingerprint density at radius 2 is 2.09 bits per heavy atom. The predicted octanol–water partition coefficient (Wildman–Crippen LogP) is 3.51. The quantitative estimate of drug-likeness (QED) is 0.901. The van der Waals surface area contributed by atoms with Gasteiger partial charge in [0.1, 0.15) is 5.52 Å². The highest BCUT2D eigenvalue weighted by Crippen LogP contribution is 2.25. The minimum atomic E-state index is -0.154. The van der Waals surface area contributed by atoms with Crippen LogP contribution >= 0.6 is 12.4 Å². The van der Waals surface area contributed by atoms with Crippen molar-refractivity contribution in [2.45, 2.75) is 46.6 Å². The molecule has 1 unspecified atom stereocenters. The van der Waals surface area contributed by atoms with Gasteiger partial charge in [0, 0.05) is 24.6 Å². The van der Waals surface area contributed by atoms with Gasteiger partial charge >= 0.3 is 0 Å². The Morgan fingerprint density at radius 3 is 2.68 bits per heavy atom. The van der Waals surface area contributed by atoms with E-state index in [0.717, 1.165) is 23.4 Å². The van der Waals surface area contributed by atoms with Crippen molar-refractivity contribution in [1.82, 2.24) is 4.98 Å². The van der Waals surface area contributed by atoms with Gasteiger partial charge in [0.15, 0.2) is 11.5 Å². The number of nitrogens with one attached hydrogen (secondary N) is 1. The number of amides is 1. The SMILES string of the molecule is CC(N)CC(=O)Nc1ccc2oc(CC(C)(C)C)nc2c1.Cl. The van der Waals surface area contributed by atoms with Crippen LogP contribution in [0.25, 0.3) is 11.1 Å². The lowest BCUT2D eigenvalue weighted by atomic mass is 9.92. The van der Waals surface area contributed by atoms with E-state index < -0.39 is 0 Å². The first-order valence-electron chi connectivity index (χ1n) is 7.18. The molecule has 2 rings (SSSR count). The van der Waals surface area contributed by atoms with Gasteiger partial charge in [-0.15, -0.1) is 12.4 Å². The first-order chi connectivity index (χ1) is 9.73. The summed E-state index contributed by atoms with van der Waals surface area (Å²) in [6.45, 7) is 8.23. The van der Waals surface area contributed by atoms with Gasteiger partial charge < -0.3 is 15.5 Å². The number of anilines is 1. The molecule has 0 saturated heterocycles. The van der Waals surface area contributed by atoms with Crippen molar-refractivity contribution in [1.29, 1.82) is 0 Å². The minimum Gasteiger partial charge on any atom is -0.441 e. The number of rotatable bonds is 4. The lowest BCUT2D eigenvalue weighted by Crippen LogP contribution is -2.23. The van der Waals surface area contributed by atoms with Gasteiger partial charge in [0.25, 0.3) is 0 Å². The molecule has 0 bridgehead atoms. The molecule has 6 heteroatoms. The molecular weight excluding hydrogens is 302 g/mol. The Kier molecular flexibility index (Phi) is 5.97. The third kappa shape index (κ3) is 5.31. The molecule has 122 valence electrons. The van der Waals surface area contributed by atoms with Crippen molar-refractivity contribution < 1.29 is 9.21 Å². The van der Waals surface area contributed by atoms with Crippen molar-refractivity contribution in [3.05, 3.63) is 24.1 Å². The van der Waals surface area contributed by atoms with E-state index in [4.69, 9.17) is 10.2 Å². The molecule has 0 aliphatic carbocycles. The Bertz CT molecular complexity index is 644. The van der Waals surface area contributed by atoms with Crippen molar-refractivity contribution in [2.75, 3.05) is 5.32 Å². The number of hydrogen-bond acceptors (Lipinski definition) is 4. The van der Waals surface area contributed by atoms with Gasteiger partial charge in [0.05, 0.1) is 0 Å². The average molecular weight is 326 g/mol. The van der Waals surface area contributed by atoms with Crippen LogP contribution in [0.5, 0.6) is 0 Å². The zero-order chi connectivity index (χ0) is 15.6. The molecule has 0 spiro atoms. The van der Waals surface area contributed by atoms with Crippen molar-refractivity contribution >= 4 is 35.1 Å². The monoisotopic (exact) mass is 325 g/mol. The van der Waals surface area contributed by atoms with Crippen LogP contribution in [0.4, 0.5) is 5.69 Å². The van der Waals surface area contributed by atoms with Gasteiger partial charge in [0.2, 0.25) is 5.91 Å². The molecular formula is C16H24ClN3O2. The minimum absolute atomic E-state index is 0. The van der Waals surface area contributed by atoms with Gasteiger partial charge in [-0.1, -0.05) is 20.8 Å². The molecule has 1 amide bonds. The smallest absolute Gasteiger partial charge is 0.225 e. The van der Waals surface area contributed by atoms with Crippen LogP contribution in [0.1, 0.15) is 40.0 Å². The molecule has 5 nitrogen and oxygen atoms in total. The summed E-state index contributed by atoms with van der Waals surface area (Å²) < 4.78 is 5.72. The lowest BCUT2D eigenvalue weighted by molar-refractivity contribution is -0.116. The number of benzene rings is 1. The summed E-state index contributed by atoms with van der Waals surface area (Å²) >= 11 is 0. The van der Waals surface area contributed by atoms with Crippen LogP contribution in [-0.4, -0.2) is 16.9 Å². The predicted molar refractivity (Wildman–Crippen MR) is 91.3 cm³/mol. The number of aromatic nitrogens is 1.